The lowest BCUT2D eigenvalue weighted by Gasteiger charge is -2.01. The maximum atomic E-state index is 4.56. The largest absolute Gasteiger partial charge is 0.283 e. The molecule has 4 nitrogen and oxygen atoms in total. The molecule has 0 aliphatic rings. The van der Waals surface area contributed by atoms with Gasteiger partial charge in [0.2, 0.25) is 0 Å². The van der Waals surface area contributed by atoms with Gasteiger partial charge in [0.15, 0.2) is 5.82 Å². The van der Waals surface area contributed by atoms with Crippen molar-refractivity contribution in [3.05, 3.63) is 72.1 Å². The number of hydrogen-bond donors (Lipinski definition) is 0. The molecule has 0 bridgehead atoms. The summed E-state index contributed by atoms with van der Waals surface area (Å²) >= 11 is 0. The Balaban J connectivity index is 1.83. The molecule has 0 radical (unpaired) electrons. The third-order valence-corrected chi connectivity index (χ3v) is 3.94. The lowest BCUT2D eigenvalue weighted by molar-refractivity contribution is 1.09. The molecular formula is C19H16N4. The molecule has 0 spiro atoms. The molecule has 0 unspecified atom stereocenters. The minimum atomic E-state index is 0.771. The Morgan fingerprint density at radius 2 is 1.74 bits per heavy atom. The number of pyridine rings is 1. The number of fused-ring (bicyclic) bond motifs is 2. The zero-order chi connectivity index (χ0) is 15.8. The predicted octanol–water partition coefficient (Wildman–Crippen LogP) is 5.52. The number of benzene rings is 2. The van der Waals surface area contributed by atoms with Crippen molar-refractivity contribution in [2.24, 2.45) is 10.2 Å². The van der Waals surface area contributed by atoms with Gasteiger partial charge in [-0.05, 0) is 43.0 Å². The lowest BCUT2D eigenvalue weighted by atomic mass is 10.1. The molecule has 112 valence electrons. The summed E-state index contributed by atoms with van der Waals surface area (Å²) in [5, 5.41) is 11.2. The fourth-order valence-electron chi connectivity index (χ4n) is 2.77. The van der Waals surface area contributed by atoms with Crippen LogP contribution in [0.3, 0.4) is 0 Å². The van der Waals surface area contributed by atoms with E-state index in [9.17, 15) is 0 Å². The van der Waals surface area contributed by atoms with Crippen molar-refractivity contribution < 1.29 is 0 Å². The molecular weight excluding hydrogens is 284 g/mol. The van der Waals surface area contributed by atoms with Crippen LogP contribution in [0.15, 0.2) is 71.0 Å². The van der Waals surface area contributed by atoms with Crippen LogP contribution in [0.25, 0.3) is 16.4 Å². The van der Waals surface area contributed by atoms with Gasteiger partial charge in [0.05, 0.1) is 11.4 Å². The Labute approximate surface area is 134 Å². The highest BCUT2D eigenvalue weighted by Crippen LogP contribution is 2.29. The van der Waals surface area contributed by atoms with Crippen molar-refractivity contribution in [3.63, 3.8) is 0 Å². The van der Waals surface area contributed by atoms with Crippen LogP contribution >= 0.6 is 0 Å². The van der Waals surface area contributed by atoms with Crippen LogP contribution in [0.2, 0.25) is 0 Å². The zero-order valence-corrected chi connectivity index (χ0v) is 13.1. The standard InChI is InChI=1S/C19H16N4/c1-13-10-11-23-18(12-13)20-14(2)19(23)22-21-17-9-5-7-15-6-3-4-8-16(15)17/h3-12H,1-2H3. The van der Waals surface area contributed by atoms with Gasteiger partial charge in [0.1, 0.15) is 5.65 Å². The Morgan fingerprint density at radius 1 is 0.913 bits per heavy atom. The molecule has 0 fully saturated rings. The number of azo groups is 1. The van der Waals surface area contributed by atoms with Gasteiger partial charge < -0.3 is 0 Å². The van der Waals surface area contributed by atoms with E-state index in [-0.39, 0.29) is 0 Å². The Morgan fingerprint density at radius 3 is 2.65 bits per heavy atom. The van der Waals surface area contributed by atoms with Crippen LogP contribution in [0.5, 0.6) is 0 Å². The van der Waals surface area contributed by atoms with Crippen molar-refractivity contribution in [1.82, 2.24) is 9.38 Å². The van der Waals surface area contributed by atoms with Crippen LogP contribution in [0.4, 0.5) is 11.5 Å². The van der Waals surface area contributed by atoms with Gasteiger partial charge >= 0.3 is 0 Å². The summed E-state index contributed by atoms with van der Waals surface area (Å²) in [6.45, 7) is 4.01. The normalized spacial score (nSPS) is 11.7. The molecule has 2 heterocycles. The second-order valence-corrected chi connectivity index (χ2v) is 5.65. The Bertz CT molecular complexity index is 1040. The number of imidazole rings is 1. The van der Waals surface area contributed by atoms with Crippen molar-refractivity contribution >= 4 is 27.9 Å². The van der Waals surface area contributed by atoms with E-state index in [0.29, 0.717) is 0 Å². The molecule has 0 N–H and O–H groups in total. The molecule has 0 saturated heterocycles. The molecule has 0 amide bonds. The van der Waals surface area contributed by atoms with E-state index in [4.69, 9.17) is 0 Å². The number of rotatable bonds is 2. The van der Waals surface area contributed by atoms with Crippen molar-refractivity contribution in [2.45, 2.75) is 13.8 Å². The van der Waals surface area contributed by atoms with Gasteiger partial charge in [0, 0.05) is 11.6 Å². The molecule has 0 aliphatic heterocycles. The molecule has 0 saturated carbocycles. The van der Waals surface area contributed by atoms with E-state index in [1.165, 1.54) is 5.56 Å². The molecule has 2 aromatic heterocycles. The second-order valence-electron chi connectivity index (χ2n) is 5.65. The third-order valence-electron chi connectivity index (χ3n) is 3.94. The predicted molar refractivity (Wildman–Crippen MR) is 92.8 cm³/mol. The summed E-state index contributed by atoms with van der Waals surface area (Å²) in [7, 11) is 0. The summed E-state index contributed by atoms with van der Waals surface area (Å²) in [4.78, 5) is 4.56. The van der Waals surface area contributed by atoms with Gasteiger partial charge in [0.25, 0.3) is 0 Å². The molecule has 0 atom stereocenters. The topological polar surface area (TPSA) is 42.0 Å². The summed E-state index contributed by atoms with van der Waals surface area (Å²) in [5.74, 6) is 0.771. The molecule has 4 aromatic rings. The maximum Gasteiger partial charge on any atom is 0.182 e. The summed E-state index contributed by atoms with van der Waals surface area (Å²) < 4.78 is 1.97. The fourth-order valence-corrected chi connectivity index (χ4v) is 2.77. The van der Waals surface area contributed by atoms with Crippen molar-refractivity contribution in [3.8, 4) is 0 Å². The highest BCUT2D eigenvalue weighted by atomic mass is 15.2. The van der Waals surface area contributed by atoms with Gasteiger partial charge in [-0.1, -0.05) is 36.4 Å². The van der Waals surface area contributed by atoms with E-state index in [1.54, 1.807) is 0 Å². The first-order chi connectivity index (χ1) is 11.2. The number of aromatic nitrogens is 2. The van der Waals surface area contributed by atoms with Crippen LogP contribution in [-0.2, 0) is 0 Å². The fraction of sp³-hybridized carbons (Fsp3) is 0.105. The highest BCUT2D eigenvalue weighted by molar-refractivity contribution is 5.92. The van der Waals surface area contributed by atoms with Crippen molar-refractivity contribution in [2.75, 3.05) is 0 Å². The van der Waals surface area contributed by atoms with E-state index < -0.39 is 0 Å². The maximum absolute atomic E-state index is 4.56. The average molecular weight is 300 g/mol. The first-order valence-corrected chi connectivity index (χ1v) is 7.57. The average Bonchev–Trinajstić information content (AvgIpc) is 2.87. The van der Waals surface area contributed by atoms with E-state index in [2.05, 4.69) is 40.3 Å². The smallest absolute Gasteiger partial charge is 0.182 e. The quantitative estimate of drug-likeness (QED) is 0.449. The first kappa shape index (κ1) is 13.6. The van der Waals surface area contributed by atoms with Gasteiger partial charge in [-0.25, -0.2) is 4.98 Å². The monoisotopic (exact) mass is 300 g/mol. The van der Waals surface area contributed by atoms with Gasteiger partial charge in [-0.2, -0.15) is 0 Å². The Kier molecular flexibility index (Phi) is 3.15. The number of aryl methyl sites for hydroxylation is 2. The van der Waals surface area contributed by atoms with E-state index >= 15 is 0 Å². The Hall–Kier alpha value is -3.01. The molecule has 4 rings (SSSR count). The van der Waals surface area contributed by atoms with Gasteiger partial charge in [-0.3, -0.25) is 4.40 Å². The SMILES string of the molecule is Cc1ccn2c(N=Nc3cccc4ccccc34)c(C)nc2c1. The van der Waals surface area contributed by atoms with Gasteiger partial charge in [-0.15, -0.1) is 10.2 Å². The zero-order valence-electron chi connectivity index (χ0n) is 13.1. The summed E-state index contributed by atoms with van der Waals surface area (Å²) in [6, 6.07) is 18.3. The lowest BCUT2D eigenvalue weighted by Crippen LogP contribution is -1.84. The highest BCUT2D eigenvalue weighted by Gasteiger charge is 2.08. The summed E-state index contributed by atoms with van der Waals surface area (Å²) in [6.07, 6.45) is 1.99. The second kappa shape index (κ2) is 5.32. The molecule has 23 heavy (non-hydrogen) atoms. The minimum Gasteiger partial charge on any atom is -0.283 e. The first-order valence-electron chi connectivity index (χ1n) is 7.57. The van der Waals surface area contributed by atoms with Crippen LogP contribution in [-0.4, -0.2) is 9.38 Å². The van der Waals surface area contributed by atoms with Crippen LogP contribution in [0, 0.1) is 13.8 Å². The number of hydrogen-bond acceptors (Lipinski definition) is 3. The third kappa shape index (κ3) is 2.38. The summed E-state index contributed by atoms with van der Waals surface area (Å²) in [5.41, 5.74) is 3.82. The van der Waals surface area contributed by atoms with Crippen LogP contribution in [0.1, 0.15) is 11.3 Å². The number of nitrogens with zero attached hydrogens (tertiary/aromatic N) is 4. The molecule has 4 heteroatoms. The van der Waals surface area contributed by atoms with Crippen molar-refractivity contribution in [1.29, 1.82) is 0 Å². The minimum absolute atomic E-state index is 0.771. The molecule has 2 aromatic carbocycles. The van der Waals surface area contributed by atoms with E-state index in [1.807, 2.05) is 53.9 Å². The molecule has 0 aliphatic carbocycles. The van der Waals surface area contributed by atoms with Crippen LogP contribution < -0.4 is 0 Å². The van der Waals surface area contributed by atoms with E-state index in [0.717, 1.165) is 33.6 Å².